The summed E-state index contributed by atoms with van der Waals surface area (Å²) in [5, 5.41) is 0.266. The first-order chi connectivity index (χ1) is 12.6. The zero-order chi connectivity index (χ0) is 20.2. The lowest BCUT2D eigenvalue weighted by atomic mass is 9.95. The SMILES string of the molecule is CCOC(=O)c1ccc(/C=C/C(c2cc(C)cc(Cl)c2)C(F)(F)F)cc1C. The standard InChI is InChI=1S/C21H20ClF3O2/c1-4-27-20(26)18-7-5-15(11-14(18)3)6-8-19(21(23,24)25)16-9-13(2)10-17(22)12-16/h5-12,19H,4H2,1-3H3/b8-6+. The fourth-order valence-electron chi connectivity index (χ4n) is 2.79. The van der Waals surface area contributed by atoms with Crippen LogP contribution in [0.5, 0.6) is 0 Å². The Kier molecular flexibility index (Phi) is 6.71. The van der Waals surface area contributed by atoms with Gasteiger partial charge in [-0.05, 0) is 61.2 Å². The summed E-state index contributed by atoms with van der Waals surface area (Å²) in [7, 11) is 0. The third kappa shape index (κ3) is 5.60. The Bertz CT molecular complexity index is 837. The van der Waals surface area contributed by atoms with Gasteiger partial charge in [0.1, 0.15) is 0 Å². The largest absolute Gasteiger partial charge is 0.462 e. The van der Waals surface area contributed by atoms with Gasteiger partial charge >= 0.3 is 12.1 Å². The van der Waals surface area contributed by atoms with Crippen molar-refractivity contribution in [1.82, 2.24) is 0 Å². The molecule has 6 heteroatoms. The zero-order valence-electron chi connectivity index (χ0n) is 15.2. The van der Waals surface area contributed by atoms with Gasteiger partial charge in [-0.1, -0.05) is 42.0 Å². The third-order valence-corrected chi connectivity index (χ3v) is 4.22. The first-order valence-electron chi connectivity index (χ1n) is 8.41. The van der Waals surface area contributed by atoms with Gasteiger partial charge in [-0.15, -0.1) is 0 Å². The second kappa shape index (κ2) is 8.61. The Labute approximate surface area is 161 Å². The predicted molar refractivity (Wildman–Crippen MR) is 101 cm³/mol. The van der Waals surface area contributed by atoms with Crippen molar-refractivity contribution in [2.45, 2.75) is 32.9 Å². The number of halogens is 4. The number of benzene rings is 2. The quantitative estimate of drug-likeness (QED) is 0.540. The molecule has 2 aromatic rings. The average molecular weight is 397 g/mol. The van der Waals surface area contributed by atoms with Gasteiger partial charge < -0.3 is 4.74 Å². The van der Waals surface area contributed by atoms with E-state index < -0.39 is 18.1 Å². The molecule has 27 heavy (non-hydrogen) atoms. The van der Waals surface area contributed by atoms with Crippen LogP contribution in [-0.4, -0.2) is 18.8 Å². The fourth-order valence-corrected chi connectivity index (χ4v) is 3.09. The summed E-state index contributed by atoms with van der Waals surface area (Å²) in [6, 6.07) is 9.21. The van der Waals surface area contributed by atoms with E-state index in [2.05, 4.69) is 0 Å². The Morgan fingerprint density at radius 2 is 1.89 bits per heavy atom. The summed E-state index contributed by atoms with van der Waals surface area (Å²) < 4.78 is 45.6. The van der Waals surface area contributed by atoms with Crippen LogP contribution < -0.4 is 0 Å². The van der Waals surface area contributed by atoms with Crippen molar-refractivity contribution < 1.29 is 22.7 Å². The van der Waals surface area contributed by atoms with Crippen LogP contribution in [0.2, 0.25) is 5.02 Å². The normalized spacial score (nSPS) is 13.0. The molecule has 0 heterocycles. The number of carbonyl (C=O) groups is 1. The number of aryl methyl sites for hydroxylation is 2. The van der Waals surface area contributed by atoms with Crippen LogP contribution in [-0.2, 0) is 4.74 Å². The maximum atomic E-state index is 13.6. The molecule has 0 N–H and O–H groups in total. The summed E-state index contributed by atoms with van der Waals surface area (Å²) in [5.41, 5.74) is 2.34. The second-order valence-corrected chi connectivity index (χ2v) is 6.67. The number of alkyl halides is 3. The van der Waals surface area contributed by atoms with Crippen molar-refractivity contribution in [2.75, 3.05) is 6.61 Å². The van der Waals surface area contributed by atoms with Crippen molar-refractivity contribution in [3.05, 3.63) is 75.3 Å². The summed E-state index contributed by atoms with van der Waals surface area (Å²) in [6.07, 6.45) is -1.95. The molecule has 0 saturated heterocycles. The lowest BCUT2D eigenvalue weighted by Crippen LogP contribution is -2.19. The van der Waals surface area contributed by atoms with E-state index in [4.69, 9.17) is 16.3 Å². The van der Waals surface area contributed by atoms with Gasteiger partial charge in [-0.2, -0.15) is 13.2 Å². The minimum Gasteiger partial charge on any atom is -0.462 e. The summed E-state index contributed by atoms with van der Waals surface area (Å²) in [5.74, 6) is -2.23. The molecular formula is C21H20ClF3O2. The summed E-state index contributed by atoms with van der Waals surface area (Å²) in [6.45, 7) is 5.38. The molecule has 0 radical (unpaired) electrons. The first kappa shape index (κ1) is 21.0. The van der Waals surface area contributed by atoms with Crippen LogP contribution in [0.1, 0.15) is 45.5 Å². The number of esters is 1. The molecule has 0 aliphatic carbocycles. The molecule has 144 valence electrons. The van der Waals surface area contributed by atoms with Gasteiger partial charge in [-0.25, -0.2) is 4.79 Å². The van der Waals surface area contributed by atoms with E-state index in [1.807, 2.05) is 0 Å². The molecule has 0 saturated carbocycles. The van der Waals surface area contributed by atoms with Crippen LogP contribution in [0.15, 0.2) is 42.5 Å². The molecular weight excluding hydrogens is 377 g/mol. The minimum atomic E-state index is -4.45. The number of hydrogen-bond donors (Lipinski definition) is 0. The Balaban J connectivity index is 2.34. The second-order valence-electron chi connectivity index (χ2n) is 6.24. The van der Waals surface area contributed by atoms with Gasteiger partial charge in [0.15, 0.2) is 0 Å². The highest BCUT2D eigenvalue weighted by Gasteiger charge is 2.39. The van der Waals surface area contributed by atoms with E-state index in [0.29, 0.717) is 22.3 Å². The molecule has 0 amide bonds. The maximum absolute atomic E-state index is 13.6. The van der Waals surface area contributed by atoms with Gasteiger partial charge in [0.05, 0.1) is 18.1 Å². The molecule has 0 fully saturated rings. The molecule has 2 aromatic carbocycles. The third-order valence-electron chi connectivity index (χ3n) is 4.00. The Hall–Kier alpha value is -2.27. The van der Waals surface area contributed by atoms with Crippen molar-refractivity contribution in [1.29, 1.82) is 0 Å². The minimum absolute atomic E-state index is 0.0867. The van der Waals surface area contributed by atoms with Crippen molar-refractivity contribution in [3.8, 4) is 0 Å². The van der Waals surface area contributed by atoms with Gasteiger partial charge in [0, 0.05) is 5.02 Å². The zero-order valence-corrected chi connectivity index (χ0v) is 16.0. The number of carbonyl (C=O) groups excluding carboxylic acids is 1. The molecule has 1 unspecified atom stereocenters. The molecule has 2 rings (SSSR count). The topological polar surface area (TPSA) is 26.3 Å². The van der Waals surface area contributed by atoms with E-state index in [9.17, 15) is 18.0 Å². The highest BCUT2D eigenvalue weighted by molar-refractivity contribution is 6.30. The van der Waals surface area contributed by atoms with E-state index in [-0.39, 0.29) is 17.2 Å². The number of rotatable bonds is 5. The van der Waals surface area contributed by atoms with Crippen molar-refractivity contribution in [3.63, 3.8) is 0 Å². The van der Waals surface area contributed by atoms with Crippen LogP contribution >= 0.6 is 11.6 Å². The van der Waals surface area contributed by atoms with Gasteiger partial charge in [0.25, 0.3) is 0 Å². The van der Waals surface area contributed by atoms with Crippen LogP contribution in [0, 0.1) is 13.8 Å². The van der Waals surface area contributed by atoms with Crippen molar-refractivity contribution >= 4 is 23.6 Å². The molecule has 0 spiro atoms. The fraction of sp³-hybridized carbons (Fsp3) is 0.286. The van der Waals surface area contributed by atoms with Crippen LogP contribution in [0.25, 0.3) is 6.08 Å². The van der Waals surface area contributed by atoms with Crippen LogP contribution in [0.4, 0.5) is 13.2 Å². The summed E-state index contributed by atoms with van der Waals surface area (Å²) >= 11 is 5.92. The molecule has 0 bridgehead atoms. The molecule has 2 nitrogen and oxygen atoms in total. The van der Waals surface area contributed by atoms with Gasteiger partial charge in [0.2, 0.25) is 0 Å². The lowest BCUT2D eigenvalue weighted by Gasteiger charge is -2.18. The Morgan fingerprint density at radius 1 is 1.19 bits per heavy atom. The monoisotopic (exact) mass is 396 g/mol. The summed E-state index contributed by atoms with van der Waals surface area (Å²) in [4.78, 5) is 11.8. The first-order valence-corrected chi connectivity index (χ1v) is 8.79. The van der Waals surface area contributed by atoms with E-state index >= 15 is 0 Å². The molecule has 1 atom stereocenters. The lowest BCUT2D eigenvalue weighted by molar-refractivity contribution is -0.139. The van der Waals surface area contributed by atoms with Gasteiger partial charge in [-0.3, -0.25) is 0 Å². The van der Waals surface area contributed by atoms with E-state index in [1.165, 1.54) is 18.2 Å². The number of hydrogen-bond acceptors (Lipinski definition) is 2. The molecule has 0 aliphatic heterocycles. The highest BCUT2D eigenvalue weighted by atomic mass is 35.5. The number of ether oxygens (including phenoxy) is 1. The molecule has 0 aromatic heterocycles. The van der Waals surface area contributed by atoms with E-state index in [0.717, 1.165) is 6.08 Å². The average Bonchev–Trinajstić information content (AvgIpc) is 2.53. The maximum Gasteiger partial charge on any atom is 0.399 e. The highest BCUT2D eigenvalue weighted by Crippen LogP contribution is 2.37. The van der Waals surface area contributed by atoms with Crippen molar-refractivity contribution in [2.24, 2.45) is 0 Å². The Morgan fingerprint density at radius 3 is 2.44 bits per heavy atom. The predicted octanol–water partition coefficient (Wildman–Crippen LogP) is 6.49. The van der Waals surface area contributed by atoms with Crippen LogP contribution in [0.3, 0.4) is 0 Å². The number of allylic oxidation sites excluding steroid dienone is 1. The smallest absolute Gasteiger partial charge is 0.399 e. The van der Waals surface area contributed by atoms with E-state index in [1.54, 1.807) is 45.0 Å². The molecule has 0 aliphatic rings.